The van der Waals surface area contributed by atoms with Crippen molar-refractivity contribution in [2.75, 3.05) is 10.6 Å². The fourth-order valence-electron chi connectivity index (χ4n) is 2.27. The Morgan fingerprint density at radius 1 is 1.04 bits per heavy atom. The van der Waals surface area contributed by atoms with E-state index >= 15 is 0 Å². The topological polar surface area (TPSA) is 73.6 Å². The molecule has 1 heterocycles. The van der Waals surface area contributed by atoms with E-state index in [0.29, 0.717) is 28.9 Å². The molecule has 2 N–H and O–H groups in total. The molecule has 0 saturated carbocycles. The van der Waals surface area contributed by atoms with Crippen molar-refractivity contribution in [2.45, 2.75) is 13.5 Å². The van der Waals surface area contributed by atoms with Gasteiger partial charge in [0.15, 0.2) is 0 Å². The molecule has 0 bridgehead atoms. The van der Waals surface area contributed by atoms with Crippen LogP contribution in [-0.4, -0.2) is 9.97 Å². The number of nitriles is 1. The monoisotopic (exact) mass is 349 g/mol. The molecule has 0 radical (unpaired) electrons. The normalized spacial score (nSPS) is 10.1. The van der Waals surface area contributed by atoms with E-state index in [1.165, 1.54) is 0 Å². The molecular weight excluding hydrogens is 334 g/mol. The minimum atomic E-state index is 0.547. The first-order chi connectivity index (χ1) is 12.1. The van der Waals surface area contributed by atoms with Gasteiger partial charge in [0.2, 0.25) is 5.95 Å². The number of hydrogen-bond acceptors (Lipinski definition) is 5. The molecule has 0 saturated heterocycles. The Balaban J connectivity index is 1.71. The summed E-state index contributed by atoms with van der Waals surface area (Å²) in [7, 11) is 0. The predicted octanol–water partition coefficient (Wildman–Crippen LogP) is 4.67. The maximum atomic E-state index is 8.85. The second-order valence-corrected chi connectivity index (χ2v) is 5.95. The van der Waals surface area contributed by atoms with Gasteiger partial charge in [0, 0.05) is 29.0 Å². The van der Waals surface area contributed by atoms with Crippen molar-refractivity contribution in [1.82, 2.24) is 9.97 Å². The van der Waals surface area contributed by atoms with Gasteiger partial charge in [-0.05, 0) is 48.9 Å². The molecule has 0 amide bonds. The number of nitrogens with zero attached hydrogens (tertiary/aromatic N) is 3. The van der Waals surface area contributed by atoms with Gasteiger partial charge in [0.25, 0.3) is 0 Å². The minimum absolute atomic E-state index is 0.547. The molecule has 25 heavy (non-hydrogen) atoms. The number of nitrogens with one attached hydrogen (secondary N) is 2. The van der Waals surface area contributed by atoms with Crippen molar-refractivity contribution in [3.63, 3.8) is 0 Å². The molecule has 3 aromatic rings. The number of hydrogen-bond donors (Lipinski definition) is 2. The summed E-state index contributed by atoms with van der Waals surface area (Å²) in [6.45, 7) is 2.52. The highest BCUT2D eigenvalue weighted by Gasteiger charge is 2.03. The van der Waals surface area contributed by atoms with Crippen molar-refractivity contribution in [1.29, 1.82) is 5.26 Å². The summed E-state index contributed by atoms with van der Waals surface area (Å²) in [5, 5.41) is 16.0. The van der Waals surface area contributed by atoms with Crippen LogP contribution in [0.5, 0.6) is 0 Å². The summed E-state index contributed by atoms with van der Waals surface area (Å²) < 4.78 is 0. The molecule has 0 fully saturated rings. The smallest absolute Gasteiger partial charge is 0.225 e. The third-order valence-electron chi connectivity index (χ3n) is 3.50. The van der Waals surface area contributed by atoms with Crippen molar-refractivity contribution in [3.8, 4) is 6.07 Å². The molecule has 0 unspecified atom stereocenters. The lowest BCUT2D eigenvalue weighted by molar-refractivity contribution is 1.03. The zero-order valence-electron chi connectivity index (χ0n) is 13.6. The summed E-state index contributed by atoms with van der Waals surface area (Å²) in [6.07, 6.45) is 0. The third-order valence-corrected chi connectivity index (χ3v) is 3.76. The van der Waals surface area contributed by atoms with Crippen LogP contribution in [0.1, 0.15) is 16.8 Å². The van der Waals surface area contributed by atoms with Crippen molar-refractivity contribution in [2.24, 2.45) is 0 Å². The van der Waals surface area contributed by atoms with Crippen LogP contribution in [0.4, 0.5) is 17.5 Å². The van der Waals surface area contributed by atoms with Gasteiger partial charge in [0.1, 0.15) is 5.82 Å². The minimum Gasteiger partial charge on any atom is -0.350 e. The molecule has 5 nitrogen and oxygen atoms in total. The van der Waals surface area contributed by atoms with Crippen molar-refractivity contribution < 1.29 is 0 Å². The average molecular weight is 350 g/mol. The van der Waals surface area contributed by atoms with Gasteiger partial charge in [-0.1, -0.05) is 23.7 Å². The van der Waals surface area contributed by atoms with Crippen LogP contribution in [0.25, 0.3) is 0 Å². The molecule has 3 rings (SSSR count). The summed E-state index contributed by atoms with van der Waals surface area (Å²) >= 11 is 5.90. The Bertz CT molecular complexity index is 899. The van der Waals surface area contributed by atoms with Gasteiger partial charge in [-0.2, -0.15) is 10.2 Å². The lowest BCUT2D eigenvalue weighted by Gasteiger charge is -2.10. The molecule has 124 valence electrons. The Labute approximate surface area is 151 Å². The first-order valence-corrected chi connectivity index (χ1v) is 8.11. The zero-order chi connectivity index (χ0) is 17.6. The lowest BCUT2D eigenvalue weighted by atomic mass is 10.2. The summed E-state index contributed by atoms with van der Waals surface area (Å²) in [5.41, 5.74) is 3.43. The maximum absolute atomic E-state index is 8.85. The first-order valence-electron chi connectivity index (χ1n) is 7.73. The fourth-order valence-corrected chi connectivity index (χ4v) is 2.40. The Hall–Kier alpha value is -3.10. The predicted molar refractivity (Wildman–Crippen MR) is 100.0 cm³/mol. The lowest BCUT2D eigenvalue weighted by Crippen LogP contribution is -2.06. The Kier molecular flexibility index (Phi) is 5.12. The SMILES string of the molecule is Cc1cc(Nc2ccc(C#N)cc2)nc(NCc2ccc(Cl)cc2)n1. The Morgan fingerprint density at radius 2 is 1.76 bits per heavy atom. The highest BCUT2D eigenvalue weighted by atomic mass is 35.5. The van der Waals surface area contributed by atoms with Crippen LogP contribution in [0.2, 0.25) is 5.02 Å². The van der Waals surface area contributed by atoms with Gasteiger partial charge in [0.05, 0.1) is 11.6 Å². The zero-order valence-corrected chi connectivity index (χ0v) is 14.4. The molecule has 0 aliphatic rings. The second-order valence-electron chi connectivity index (χ2n) is 5.51. The number of anilines is 3. The van der Waals surface area contributed by atoms with Crippen LogP contribution < -0.4 is 10.6 Å². The molecule has 1 aromatic heterocycles. The largest absolute Gasteiger partial charge is 0.350 e. The van der Waals surface area contributed by atoms with Gasteiger partial charge in [-0.15, -0.1) is 0 Å². The number of halogens is 1. The van der Waals surface area contributed by atoms with E-state index in [1.807, 2.05) is 49.4 Å². The quantitative estimate of drug-likeness (QED) is 0.700. The third kappa shape index (κ3) is 4.69. The maximum Gasteiger partial charge on any atom is 0.225 e. The second kappa shape index (κ2) is 7.65. The van der Waals surface area contributed by atoms with Crippen molar-refractivity contribution in [3.05, 3.63) is 76.4 Å². The summed E-state index contributed by atoms with van der Waals surface area (Å²) in [5.74, 6) is 1.24. The number of benzene rings is 2. The van der Waals surface area contributed by atoms with E-state index in [2.05, 4.69) is 26.7 Å². The van der Waals surface area contributed by atoms with E-state index in [9.17, 15) is 0 Å². The molecular formula is C19H16ClN5. The van der Waals surface area contributed by atoms with Crippen molar-refractivity contribution >= 4 is 29.1 Å². The van der Waals surface area contributed by atoms with Crippen LogP contribution in [0, 0.1) is 18.3 Å². The molecule has 6 heteroatoms. The molecule has 0 atom stereocenters. The van der Waals surface area contributed by atoms with Crippen LogP contribution in [-0.2, 0) is 6.54 Å². The standard InChI is InChI=1S/C19H16ClN5/c1-13-10-18(24-17-8-4-14(11-21)5-9-17)25-19(23-13)22-12-15-2-6-16(20)7-3-15/h2-10H,12H2,1H3,(H2,22,23,24,25). The number of aromatic nitrogens is 2. The van der Waals surface area contributed by atoms with Gasteiger partial charge >= 0.3 is 0 Å². The molecule has 0 aliphatic heterocycles. The van der Waals surface area contributed by atoms with Gasteiger partial charge in [-0.3, -0.25) is 0 Å². The van der Waals surface area contributed by atoms with E-state index in [-0.39, 0.29) is 0 Å². The van der Waals surface area contributed by atoms with Crippen LogP contribution in [0.3, 0.4) is 0 Å². The number of aryl methyl sites for hydroxylation is 1. The molecule has 0 spiro atoms. The fraction of sp³-hybridized carbons (Fsp3) is 0.105. The highest BCUT2D eigenvalue weighted by molar-refractivity contribution is 6.30. The first kappa shape index (κ1) is 16.7. The molecule has 2 aromatic carbocycles. The number of rotatable bonds is 5. The van der Waals surface area contributed by atoms with Gasteiger partial charge < -0.3 is 10.6 Å². The summed E-state index contributed by atoms with van der Waals surface area (Å²) in [4.78, 5) is 8.88. The summed E-state index contributed by atoms with van der Waals surface area (Å²) in [6, 6.07) is 18.8. The van der Waals surface area contributed by atoms with Gasteiger partial charge in [-0.25, -0.2) is 4.98 Å². The van der Waals surface area contributed by atoms with E-state index in [4.69, 9.17) is 16.9 Å². The van der Waals surface area contributed by atoms with E-state index in [0.717, 1.165) is 16.9 Å². The van der Waals surface area contributed by atoms with Crippen LogP contribution >= 0.6 is 11.6 Å². The average Bonchev–Trinajstić information content (AvgIpc) is 2.61. The van der Waals surface area contributed by atoms with E-state index < -0.39 is 0 Å². The molecule has 0 aliphatic carbocycles. The Morgan fingerprint density at radius 3 is 2.44 bits per heavy atom. The highest BCUT2D eigenvalue weighted by Crippen LogP contribution is 2.18. The van der Waals surface area contributed by atoms with Crippen LogP contribution in [0.15, 0.2) is 54.6 Å². The van der Waals surface area contributed by atoms with E-state index in [1.54, 1.807) is 12.1 Å².